The predicted molar refractivity (Wildman–Crippen MR) is 131 cm³/mol. The smallest absolute Gasteiger partial charge is 0.156 e. The monoisotopic (exact) mass is 430 g/mol. The first kappa shape index (κ1) is 23.5. The second kappa shape index (κ2) is 10.9. The minimum atomic E-state index is 0.588. The molecule has 0 atom stereocenters. The van der Waals surface area contributed by atoms with Crippen molar-refractivity contribution in [2.45, 2.75) is 40.7 Å². The molecule has 0 spiro atoms. The van der Waals surface area contributed by atoms with Gasteiger partial charge in [0.25, 0.3) is 0 Å². The van der Waals surface area contributed by atoms with Crippen molar-refractivity contribution in [2.75, 3.05) is 38.5 Å². The molecule has 168 valence electrons. The molecule has 1 saturated heterocycles. The van der Waals surface area contributed by atoms with Gasteiger partial charge in [0.1, 0.15) is 0 Å². The number of benzene rings is 1. The molecule has 2 heterocycles. The van der Waals surface area contributed by atoms with Crippen molar-refractivity contribution in [2.24, 2.45) is 0 Å². The van der Waals surface area contributed by atoms with Crippen LogP contribution in [0.1, 0.15) is 42.7 Å². The molecule has 0 radical (unpaired) electrons. The van der Waals surface area contributed by atoms with E-state index in [0.29, 0.717) is 12.1 Å². The molecule has 0 saturated carbocycles. The lowest BCUT2D eigenvalue weighted by Crippen LogP contribution is -2.44. The summed E-state index contributed by atoms with van der Waals surface area (Å²) in [6, 6.07) is 8.10. The lowest BCUT2D eigenvalue weighted by atomic mass is 10.0. The molecule has 0 unspecified atom stereocenters. The Kier molecular flexibility index (Phi) is 8.02. The van der Waals surface area contributed by atoms with Gasteiger partial charge in [-0.05, 0) is 57.5 Å². The van der Waals surface area contributed by atoms with Crippen LogP contribution in [0.3, 0.4) is 0 Å². The highest BCUT2D eigenvalue weighted by molar-refractivity contribution is 5.55. The van der Waals surface area contributed by atoms with Gasteiger partial charge < -0.3 is 15.1 Å². The van der Waals surface area contributed by atoms with Gasteiger partial charge in [-0.15, -0.1) is 5.10 Å². The zero-order valence-corrected chi connectivity index (χ0v) is 19.9. The highest BCUT2D eigenvalue weighted by Gasteiger charge is 2.15. The van der Waals surface area contributed by atoms with E-state index in [4.69, 9.17) is 0 Å². The number of nitrogens with zero attached hydrogens (tertiary/aromatic N) is 5. The van der Waals surface area contributed by atoms with Crippen LogP contribution in [-0.2, 0) is 6.54 Å². The number of likely N-dealkylation sites (N-methyl/N-ethyl adjacent to an activating group) is 1. The fourth-order valence-corrected chi connectivity index (χ4v) is 4.07. The van der Waals surface area contributed by atoms with E-state index in [1.165, 1.54) is 5.70 Å². The van der Waals surface area contributed by atoms with Gasteiger partial charge in [0, 0.05) is 48.9 Å². The van der Waals surface area contributed by atoms with Gasteiger partial charge in [-0.25, -0.2) is 0 Å². The van der Waals surface area contributed by atoms with Gasteiger partial charge in [-0.1, -0.05) is 31.2 Å². The molecule has 6 nitrogen and oxygen atoms in total. The van der Waals surface area contributed by atoms with Crippen LogP contribution in [0.25, 0.3) is 12.2 Å². The Morgan fingerprint density at radius 2 is 1.91 bits per heavy atom. The molecule has 0 amide bonds. The Bertz CT molecular complexity index is 1130. The largest absolute Gasteiger partial charge is 0.369 e. The first-order valence-electron chi connectivity index (χ1n) is 11.4. The minimum Gasteiger partial charge on any atom is -0.369 e. The van der Waals surface area contributed by atoms with Gasteiger partial charge in [0.2, 0.25) is 0 Å². The Labute approximate surface area is 191 Å². The van der Waals surface area contributed by atoms with E-state index in [1.807, 2.05) is 39.0 Å². The molecular weight excluding hydrogens is 396 g/mol. The minimum absolute atomic E-state index is 0.588. The molecule has 6 heteroatoms. The predicted octanol–water partition coefficient (Wildman–Crippen LogP) is 2.70. The molecule has 3 rings (SSSR count). The highest BCUT2D eigenvalue weighted by atomic mass is 15.2. The van der Waals surface area contributed by atoms with Gasteiger partial charge in [0.15, 0.2) is 5.82 Å². The number of nitrogens with one attached hydrogen (secondary N) is 1. The second-order valence-electron chi connectivity index (χ2n) is 8.28. The summed E-state index contributed by atoms with van der Waals surface area (Å²) in [5.41, 5.74) is 4.95. The SMILES string of the molecule is C/C=c1/c(C)nnc(NCc2cccc(C#N)c2C)/c1=C/C(=C/CC)N1CCN(C)CC1. The van der Waals surface area contributed by atoms with E-state index in [0.717, 1.165) is 65.7 Å². The summed E-state index contributed by atoms with van der Waals surface area (Å²) in [6.07, 6.45) is 7.64. The second-order valence-corrected chi connectivity index (χ2v) is 8.28. The van der Waals surface area contributed by atoms with Crippen LogP contribution in [0, 0.1) is 25.2 Å². The molecule has 1 fully saturated rings. The topological polar surface area (TPSA) is 68.1 Å². The Hall–Kier alpha value is -3.17. The highest BCUT2D eigenvalue weighted by Crippen LogP contribution is 2.14. The van der Waals surface area contributed by atoms with Gasteiger partial charge in [-0.2, -0.15) is 10.4 Å². The first-order chi connectivity index (χ1) is 15.5. The number of piperazine rings is 1. The van der Waals surface area contributed by atoms with Crippen LogP contribution in [0.5, 0.6) is 0 Å². The third kappa shape index (κ3) is 5.35. The molecule has 1 aliphatic heterocycles. The summed E-state index contributed by atoms with van der Waals surface area (Å²) < 4.78 is 0. The Balaban J connectivity index is 2.02. The average Bonchev–Trinajstić information content (AvgIpc) is 2.79. The molecule has 0 bridgehead atoms. The molecule has 0 aliphatic carbocycles. The third-order valence-corrected chi connectivity index (χ3v) is 6.11. The fourth-order valence-electron chi connectivity index (χ4n) is 4.07. The zero-order chi connectivity index (χ0) is 23.1. The van der Waals surface area contributed by atoms with E-state index in [-0.39, 0.29) is 0 Å². The Morgan fingerprint density at radius 3 is 2.56 bits per heavy atom. The van der Waals surface area contributed by atoms with Crippen molar-refractivity contribution in [3.63, 3.8) is 0 Å². The quantitative estimate of drug-likeness (QED) is 0.760. The van der Waals surface area contributed by atoms with Crippen molar-refractivity contribution in [1.82, 2.24) is 20.0 Å². The number of aryl methyl sites for hydroxylation is 1. The Morgan fingerprint density at radius 1 is 1.16 bits per heavy atom. The summed E-state index contributed by atoms with van der Waals surface area (Å²) in [6.45, 7) is 13.0. The summed E-state index contributed by atoms with van der Waals surface area (Å²) in [7, 11) is 2.18. The van der Waals surface area contributed by atoms with Crippen molar-refractivity contribution in [1.29, 1.82) is 5.26 Å². The van der Waals surface area contributed by atoms with Crippen LogP contribution < -0.4 is 15.8 Å². The third-order valence-electron chi connectivity index (χ3n) is 6.11. The van der Waals surface area contributed by atoms with E-state index < -0.39 is 0 Å². The molecular formula is C26H34N6. The maximum atomic E-state index is 9.35. The maximum Gasteiger partial charge on any atom is 0.156 e. The lowest BCUT2D eigenvalue weighted by Gasteiger charge is -2.34. The van der Waals surface area contributed by atoms with E-state index in [2.05, 4.69) is 63.6 Å². The molecule has 1 aromatic heterocycles. The normalized spacial score (nSPS) is 16.4. The molecule has 1 aromatic carbocycles. The molecule has 1 N–H and O–H groups in total. The summed E-state index contributed by atoms with van der Waals surface area (Å²) in [5, 5.41) is 23.9. The van der Waals surface area contributed by atoms with Crippen molar-refractivity contribution < 1.29 is 0 Å². The fraction of sp³-hybridized carbons (Fsp3) is 0.423. The van der Waals surface area contributed by atoms with Crippen LogP contribution >= 0.6 is 0 Å². The van der Waals surface area contributed by atoms with Gasteiger partial charge in [0.05, 0.1) is 17.3 Å². The van der Waals surface area contributed by atoms with E-state index >= 15 is 0 Å². The van der Waals surface area contributed by atoms with Crippen LogP contribution in [0.4, 0.5) is 5.82 Å². The van der Waals surface area contributed by atoms with Crippen molar-refractivity contribution in [3.05, 3.63) is 62.8 Å². The summed E-state index contributed by atoms with van der Waals surface area (Å²) >= 11 is 0. The number of anilines is 1. The first-order valence-corrected chi connectivity index (χ1v) is 11.4. The molecule has 2 aromatic rings. The van der Waals surface area contributed by atoms with E-state index in [9.17, 15) is 5.26 Å². The number of nitriles is 1. The number of hydrogen-bond donors (Lipinski definition) is 1. The maximum absolute atomic E-state index is 9.35. The number of rotatable bonds is 6. The number of hydrogen-bond acceptors (Lipinski definition) is 6. The van der Waals surface area contributed by atoms with Crippen LogP contribution in [0.15, 0.2) is 30.0 Å². The van der Waals surface area contributed by atoms with Crippen LogP contribution in [0.2, 0.25) is 0 Å². The lowest BCUT2D eigenvalue weighted by molar-refractivity contribution is 0.191. The summed E-state index contributed by atoms with van der Waals surface area (Å²) in [5.74, 6) is 0.765. The number of allylic oxidation sites excluding steroid dienone is 2. The van der Waals surface area contributed by atoms with E-state index in [1.54, 1.807) is 0 Å². The standard InChI is InChI=1S/C26H34N6/c1-6-9-23(32-14-12-31(5)13-15-32)16-25-24(7-2)20(4)29-30-26(25)28-18-22-11-8-10-21(17-27)19(22)3/h7-11,16H,6,12-15,18H2,1-5H3,(H,28,30)/b23-9-,24-7-,25-16+. The van der Waals surface area contributed by atoms with Crippen molar-refractivity contribution >= 4 is 18.0 Å². The zero-order valence-electron chi connectivity index (χ0n) is 19.9. The summed E-state index contributed by atoms with van der Waals surface area (Å²) in [4.78, 5) is 4.83. The average molecular weight is 431 g/mol. The van der Waals surface area contributed by atoms with Crippen LogP contribution in [-0.4, -0.2) is 53.2 Å². The molecule has 32 heavy (non-hydrogen) atoms. The van der Waals surface area contributed by atoms with Crippen molar-refractivity contribution in [3.8, 4) is 6.07 Å². The molecule has 1 aliphatic rings. The van der Waals surface area contributed by atoms with Gasteiger partial charge >= 0.3 is 0 Å². The van der Waals surface area contributed by atoms with Gasteiger partial charge in [-0.3, -0.25) is 0 Å². The number of aromatic nitrogens is 2.